The minimum Gasteiger partial charge on any atom is -0.393 e. The molecule has 0 aromatic heterocycles. The summed E-state index contributed by atoms with van der Waals surface area (Å²) in [4.78, 5) is 0. The van der Waals surface area contributed by atoms with Crippen LogP contribution < -0.4 is 0 Å². The number of unbranched alkanes of at least 4 members (excludes halogenated alkanes) is 1. The topological polar surface area (TPSA) is 40.5 Å². The van der Waals surface area contributed by atoms with E-state index >= 15 is 0 Å². The molecule has 0 amide bonds. The van der Waals surface area contributed by atoms with Gasteiger partial charge in [0, 0.05) is 6.42 Å². The molecule has 0 radical (unpaired) electrons. The van der Waals surface area contributed by atoms with E-state index in [9.17, 15) is 5.11 Å². The lowest BCUT2D eigenvalue weighted by Gasteiger charge is -2.24. The predicted octanol–water partition coefficient (Wildman–Crippen LogP) is 1.70. The minimum atomic E-state index is -0.676. The molecule has 0 heterocycles. The van der Waals surface area contributed by atoms with Gasteiger partial charge >= 0.3 is 0 Å². The summed E-state index contributed by atoms with van der Waals surface area (Å²) in [6.07, 6.45) is 2.98. The normalized spacial score (nSPS) is 19.4. The lowest BCUT2D eigenvalue weighted by atomic mass is 9.93. The molecule has 0 aromatic carbocycles. The molecular formula is C9H20O2. The first-order valence-corrected chi connectivity index (χ1v) is 4.38. The highest BCUT2D eigenvalue weighted by Gasteiger charge is 2.21. The van der Waals surface area contributed by atoms with Crippen LogP contribution in [-0.2, 0) is 0 Å². The van der Waals surface area contributed by atoms with Gasteiger partial charge in [0.25, 0.3) is 0 Å². The molecule has 2 heteroatoms. The van der Waals surface area contributed by atoms with Crippen LogP contribution in [0.15, 0.2) is 0 Å². The predicted molar refractivity (Wildman–Crippen MR) is 46.4 cm³/mol. The molecule has 2 unspecified atom stereocenters. The second kappa shape index (κ2) is 4.73. The summed E-state index contributed by atoms with van der Waals surface area (Å²) in [6, 6.07) is 0. The molecule has 0 aliphatic carbocycles. The molecule has 0 saturated carbocycles. The number of rotatable bonds is 5. The van der Waals surface area contributed by atoms with Gasteiger partial charge in [-0.25, -0.2) is 0 Å². The van der Waals surface area contributed by atoms with Crippen LogP contribution in [0.1, 0.15) is 46.5 Å². The molecule has 0 spiro atoms. The van der Waals surface area contributed by atoms with Gasteiger partial charge in [0.05, 0.1) is 11.7 Å². The van der Waals surface area contributed by atoms with E-state index < -0.39 is 11.7 Å². The van der Waals surface area contributed by atoms with Crippen LogP contribution in [0.2, 0.25) is 0 Å². The first-order chi connectivity index (χ1) is 4.98. The molecule has 0 aliphatic heterocycles. The Balaban J connectivity index is 3.61. The maximum absolute atomic E-state index is 9.66. The van der Waals surface area contributed by atoms with Gasteiger partial charge in [-0.15, -0.1) is 0 Å². The summed E-state index contributed by atoms with van der Waals surface area (Å²) in [7, 11) is 0. The Morgan fingerprint density at radius 1 is 1.45 bits per heavy atom. The Morgan fingerprint density at radius 3 is 2.36 bits per heavy atom. The lowest BCUT2D eigenvalue weighted by Crippen LogP contribution is -2.28. The average Bonchev–Trinajstić information content (AvgIpc) is 1.81. The third-order valence-electron chi connectivity index (χ3n) is 1.80. The van der Waals surface area contributed by atoms with Crippen LogP contribution in [0, 0.1) is 0 Å². The summed E-state index contributed by atoms with van der Waals surface area (Å²) in [5.74, 6) is 0. The number of hydrogen-bond acceptors (Lipinski definition) is 2. The molecule has 68 valence electrons. The first kappa shape index (κ1) is 10.9. The molecule has 11 heavy (non-hydrogen) atoms. The molecular weight excluding hydrogens is 140 g/mol. The molecule has 0 aromatic rings. The van der Waals surface area contributed by atoms with E-state index in [-0.39, 0.29) is 0 Å². The molecule has 0 bridgehead atoms. The average molecular weight is 160 g/mol. The van der Waals surface area contributed by atoms with Gasteiger partial charge in [-0.1, -0.05) is 19.8 Å². The molecule has 2 nitrogen and oxygen atoms in total. The second-order valence-corrected chi connectivity index (χ2v) is 3.65. The molecule has 0 aliphatic rings. The zero-order chi connectivity index (χ0) is 8.91. The maximum Gasteiger partial charge on any atom is 0.0644 e. The van der Waals surface area contributed by atoms with Crippen LogP contribution in [0.4, 0.5) is 0 Å². The van der Waals surface area contributed by atoms with Crippen molar-refractivity contribution in [3.63, 3.8) is 0 Å². The zero-order valence-corrected chi connectivity index (χ0v) is 7.80. The van der Waals surface area contributed by atoms with Crippen molar-refractivity contribution in [2.75, 3.05) is 0 Å². The fourth-order valence-electron chi connectivity index (χ4n) is 1.30. The van der Waals surface area contributed by atoms with Crippen LogP contribution in [0.5, 0.6) is 0 Å². The van der Waals surface area contributed by atoms with E-state index in [1.165, 1.54) is 0 Å². The van der Waals surface area contributed by atoms with Crippen LogP contribution >= 0.6 is 0 Å². The molecule has 2 N–H and O–H groups in total. The summed E-state index contributed by atoms with van der Waals surface area (Å²) in [5.41, 5.74) is -0.676. The van der Waals surface area contributed by atoms with E-state index in [1.54, 1.807) is 13.8 Å². The number of aliphatic hydroxyl groups excluding tert-OH is 1. The van der Waals surface area contributed by atoms with Crippen molar-refractivity contribution in [2.24, 2.45) is 0 Å². The van der Waals surface area contributed by atoms with Gasteiger partial charge in [-0.05, 0) is 20.3 Å². The Kier molecular flexibility index (Phi) is 4.69. The highest BCUT2D eigenvalue weighted by molar-refractivity contribution is 4.74. The fourth-order valence-corrected chi connectivity index (χ4v) is 1.30. The van der Waals surface area contributed by atoms with Gasteiger partial charge in [-0.2, -0.15) is 0 Å². The van der Waals surface area contributed by atoms with Crippen molar-refractivity contribution < 1.29 is 10.2 Å². The highest BCUT2D eigenvalue weighted by Crippen LogP contribution is 2.19. The fraction of sp³-hybridized carbons (Fsp3) is 1.00. The lowest BCUT2D eigenvalue weighted by molar-refractivity contribution is 0.00123. The Bertz CT molecular complexity index is 97.7. The highest BCUT2D eigenvalue weighted by atomic mass is 16.3. The third-order valence-corrected chi connectivity index (χ3v) is 1.80. The van der Waals surface area contributed by atoms with Crippen LogP contribution in [0.25, 0.3) is 0 Å². The second-order valence-electron chi connectivity index (χ2n) is 3.65. The van der Waals surface area contributed by atoms with E-state index in [2.05, 4.69) is 6.92 Å². The third kappa shape index (κ3) is 6.32. The monoisotopic (exact) mass is 160 g/mol. The summed E-state index contributed by atoms with van der Waals surface area (Å²) in [6.45, 7) is 5.59. The van der Waals surface area contributed by atoms with E-state index in [0.717, 1.165) is 19.3 Å². The van der Waals surface area contributed by atoms with E-state index in [4.69, 9.17) is 5.11 Å². The summed E-state index contributed by atoms with van der Waals surface area (Å²) in [5, 5.41) is 18.7. The molecule has 0 rings (SSSR count). The Labute approximate surface area is 69.2 Å². The SMILES string of the molecule is CCCCC(C)(O)CC(C)O. The molecule has 0 fully saturated rings. The minimum absolute atomic E-state index is 0.401. The van der Waals surface area contributed by atoms with Crippen LogP contribution in [-0.4, -0.2) is 21.9 Å². The Morgan fingerprint density at radius 2 is 2.00 bits per heavy atom. The maximum atomic E-state index is 9.66. The van der Waals surface area contributed by atoms with Crippen LogP contribution in [0.3, 0.4) is 0 Å². The van der Waals surface area contributed by atoms with Gasteiger partial charge in [0.15, 0.2) is 0 Å². The largest absolute Gasteiger partial charge is 0.393 e. The first-order valence-electron chi connectivity index (χ1n) is 4.38. The van der Waals surface area contributed by atoms with E-state index in [0.29, 0.717) is 6.42 Å². The van der Waals surface area contributed by atoms with Crippen molar-refractivity contribution in [3.8, 4) is 0 Å². The van der Waals surface area contributed by atoms with Crippen molar-refractivity contribution in [1.82, 2.24) is 0 Å². The van der Waals surface area contributed by atoms with Crippen molar-refractivity contribution >= 4 is 0 Å². The summed E-state index contributed by atoms with van der Waals surface area (Å²) < 4.78 is 0. The van der Waals surface area contributed by atoms with Crippen molar-refractivity contribution in [2.45, 2.75) is 58.2 Å². The number of aliphatic hydroxyl groups is 2. The van der Waals surface area contributed by atoms with Gasteiger partial charge in [0.2, 0.25) is 0 Å². The van der Waals surface area contributed by atoms with Crippen molar-refractivity contribution in [3.05, 3.63) is 0 Å². The molecule has 0 saturated heterocycles. The standard InChI is InChI=1S/C9H20O2/c1-4-5-6-9(3,11)7-8(2)10/h8,10-11H,4-7H2,1-3H3. The van der Waals surface area contributed by atoms with Gasteiger partial charge in [0.1, 0.15) is 0 Å². The number of hydrogen-bond donors (Lipinski definition) is 2. The summed E-state index contributed by atoms with van der Waals surface area (Å²) >= 11 is 0. The smallest absolute Gasteiger partial charge is 0.0644 e. The van der Waals surface area contributed by atoms with E-state index in [1.807, 2.05) is 0 Å². The van der Waals surface area contributed by atoms with Gasteiger partial charge in [-0.3, -0.25) is 0 Å². The Hall–Kier alpha value is -0.0800. The van der Waals surface area contributed by atoms with Crippen molar-refractivity contribution in [1.29, 1.82) is 0 Å². The van der Waals surface area contributed by atoms with Gasteiger partial charge < -0.3 is 10.2 Å². The molecule has 2 atom stereocenters. The zero-order valence-electron chi connectivity index (χ0n) is 7.80. The quantitative estimate of drug-likeness (QED) is 0.642.